The molecule has 0 aromatic heterocycles. The van der Waals surface area contributed by atoms with Crippen LogP contribution in [0.2, 0.25) is 0 Å². The van der Waals surface area contributed by atoms with Crippen LogP contribution < -0.4 is 0 Å². The lowest BCUT2D eigenvalue weighted by atomic mass is 10.0. The Balaban J connectivity index is 3.26. The predicted octanol–water partition coefficient (Wildman–Crippen LogP) is 2.23. The third-order valence-corrected chi connectivity index (χ3v) is 2.93. The molecule has 2 unspecified atom stereocenters. The molecule has 0 aromatic rings. The number of unbranched alkanes of at least 4 members (excludes halogenated alkanes) is 3. The van der Waals surface area contributed by atoms with Gasteiger partial charge < -0.3 is 15.3 Å². The van der Waals surface area contributed by atoms with E-state index >= 15 is 0 Å². The average Bonchev–Trinajstić information content (AvgIpc) is 2.25. The maximum Gasteiger partial charge on any atom is 0.0562 e. The first-order valence-corrected chi connectivity index (χ1v) is 6.67. The molecule has 0 amide bonds. The molecular formula is C13H28O3. The minimum atomic E-state index is -0.405. The summed E-state index contributed by atoms with van der Waals surface area (Å²) in [5.41, 5.74) is 0. The van der Waals surface area contributed by atoms with Crippen molar-refractivity contribution in [2.24, 2.45) is 0 Å². The summed E-state index contributed by atoms with van der Waals surface area (Å²) in [4.78, 5) is 0. The van der Waals surface area contributed by atoms with Crippen molar-refractivity contribution in [1.82, 2.24) is 0 Å². The lowest BCUT2D eigenvalue weighted by Crippen LogP contribution is -2.11. The molecule has 0 aliphatic rings. The monoisotopic (exact) mass is 232 g/mol. The zero-order valence-corrected chi connectivity index (χ0v) is 10.6. The van der Waals surface area contributed by atoms with Gasteiger partial charge in [0, 0.05) is 6.61 Å². The summed E-state index contributed by atoms with van der Waals surface area (Å²) < 4.78 is 0. The van der Waals surface area contributed by atoms with Gasteiger partial charge in [-0.2, -0.15) is 0 Å². The summed E-state index contributed by atoms with van der Waals surface area (Å²) in [6.07, 6.45) is 7.82. The fraction of sp³-hybridized carbons (Fsp3) is 1.00. The van der Waals surface area contributed by atoms with E-state index in [0.29, 0.717) is 12.8 Å². The zero-order valence-electron chi connectivity index (χ0n) is 10.6. The molecule has 16 heavy (non-hydrogen) atoms. The van der Waals surface area contributed by atoms with Gasteiger partial charge in [0.05, 0.1) is 12.2 Å². The Hall–Kier alpha value is -0.120. The van der Waals surface area contributed by atoms with Crippen molar-refractivity contribution in [1.29, 1.82) is 0 Å². The molecule has 0 spiro atoms. The Morgan fingerprint density at radius 3 is 1.88 bits per heavy atom. The molecule has 98 valence electrons. The third-order valence-electron chi connectivity index (χ3n) is 2.93. The predicted molar refractivity (Wildman–Crippen MR) is 66.3 cm³/mol. The van der Waals surface area contributed by atoms with E-state index in [4.69, 9.17) is 5.11 Å². The van der Waals surface area contributed by atoms with Gasteiger partial charge in [0.15, 0.2) is 0 Å². The van der Waals surface area contributed by atoms with Crippen LogP contribution in [0.1, 0.15) is 64.7 Å². The smallest absolute Gasteiger partial charge is 0.0562 e. The van der Waals surface area contributed by atoms with Gasteiger partial charge in [0.2, 0.25) is 0 Å². The molecule has 0 rings (SSSR count). The highest BCUT2D eigenvalue weighted by Gasteiger charge is 2.07. The second kappa shape index (κ2) is 11.4. The van der Waals surface area contributed by atoms with Crippen molar-refractivity contribution < 1.29 is 15.3 Å². The summed E-state index contributed by atoms with van der Waals surface area (Å²) in [6, 6.07) is 0. The molecule has 0 heterocycles. The maximum atomic E-state index is 9.66. The molecule has 0 bridgehead atoms. The van der Waals surface area contributed by atoms with E-state index in [-0.39, 0.29) is 12.7 Å². The Bertz CT molecular complexity index is 139. The molecule has 2 atom stereocenters. The van der Waals surface area contributed by atoms with Crippen LogP contribution in [0.5, 0.6) is 0 Å². The van der Waals surface area contributed by atoms with E-state index in [1.165, 1.54) is 19.3 Å². The molecule has 0 saturated carbocycles. The van der Waals surface area contributed by atoms with Crippen molar-refractivity contribution >= 4 is 0 Å². The van der Waals surface area contributed by atoms with Crippen molar-refractivity contribution in [2.75, 3.05) is 6.61 Å². The van der Waals surface area contributed by atoms with E-state index in [1.807, 2.05) is 0 Å². The summed E-state index contributed by atoms with van der Waals surface area (Å²) >= 11 is 0. The molecular weight excluding hydrogens is 204 g/mol. The van der Waals surface area contributed by atoms with Crippen molar-refractivity contribution in [3.8, 4) is 0 Å². The first kappa shape index (κ1) is 15.9. The summed E-state index contributed by atoms with van der Waals surface area (Å²) in [5.74, 6) is 0. The van der Waals surface area contributed by atoms with Gasteiger partial charge in [-0.3, -0.25) is 0 Å². The quantitative estimate of drug-likeness (QED) is 0.479. The first-order valence-electron chi connectivity index (χ1n) is 6.67. The normalized spacial score (nSPS) is 15.0. The van der Waals surface area contributed by atoms with Gasteiger partial charge >= 0.3 is 0 Å². The van der Waals surface area contributed by atoms with Gasteiger partial charge in [0.1, 0.15) is 0 Å². The second-order valence-electron chi connectivity index (χ2n) is 4.60. The summed E-state index contributed by atoms with van der Waals surface area (Å²) in [7, 11) is 0. The van der Waals surface area contributed by atoms with Crippen LogP contribution in [-0.4, -0.2) is 34.1 Å². The zero-order chi connectivity index (χ0) is 12.2. The van der Waals surface area contributed by atoms with E-state index in [9.17, 15) is 10.2 Å². The molecule has 3 N–H and O–H groups in total. The highest BCUT2D eigenvalue weighted by Crippen LogP contribution is 2.12. The average molecular weight is 232 g/mol. The fourth-order valence-electron chi connectivity index (χ4n) is 1.83. The Labute approximate surface area is 99.5 Å². The number of rotatable bonds is 11. The van der Waals surface area contributed by atoms with Gasteiger partial charge in [0.25, 0.3) is 0 Å². The molecule has 3 heteroatoms. The van der Waals surface area contributed by atoms with Crippen molar-refractivity contribution in [2.45, 2.75) is 76.9 Å². The molecule has 0 fully saturated rings. The van der Waals surface area contributed by atoms with Crippen LogP contribution in [0.25, 0.3) is 0 Å². The highest BCUT2D eigenvalue weighted by molar-refractivity contribution is 4.60. The molecule has 0 aliphatic heterocycles. The molecule has 3 nitrogen and oxygen atoms in total. The lowest BCUT2D eigenvalue weighted by Gasteiger charge is -2.12. The van der Waals surface area contributed by atoms with Crippen LogP contribution >= 0.6 is 0 Å². The van der Waals surface area contributed by atoms with E-state index < -0.39 is 6.10 Å². The SMILES string of the molecule is CCCCCCC(O)CCCC(O)CCO. The first-order chi connectivity index (χ1) is 7.70. The standard InChI is InChI=1S/C13H28O3/c1-2-3-4-5-7-12(15)8-6-9-13(16)10-11-14/h12-16H,2-11H2,1H3. The Morgan fingerprint density at radius 1 is 0.750 bits per heavy atom. The van der Waals surface area contributed by atoms with Crippen LogP contribution in [0.3, 0.4) is 0 Å². The maximum absolute atomic E-state index is 9.66. The number of hydrogen-bond donors (Lipinski definition) is 3. The topological polar surface area (TPSA) is 60.7 Å². The third kappa shape index (κ3) is 10.4. The van der Waals surface area contributed by atoms with E-state index in [1.54, 1.807) is 0 Å². The second-order valence-corrected chi connectivity index (χ2v) is 4.60. The largest absolute Gasteiger partial charge is 0.396 e. The molecule has 0 aliphatic carbocycles. The Morgan fingerprint density at radius 2 is 1.31 bits per heavy atom. The minimum absolute atomic E-state index is 0.0424. The molecule has 0 radical (unpaired) electrons. The van der Waals surface area contributed by atoms with Crippen molar-refractivity contribution in [3.05, 3.63) is 0 Å². The lowest BCUT2D eigenvalue weighted by molar-refractivity contribution is 0.108. The molecule has 0 saturated heterocycles. The fourth-order valence-corrected chi connectivity index (χ4v) is 1.83. The summed E-state index contributed by atoms with van der Waals surface area (Å²) in [5, 5.41) is 27.6. The highest BCUT2D eigenvalue weighted by atomic mass is 16.3. The number of hydrogen-bond acceptors (Lipinski definition) is 3. The minimum Gasteiger partial charge on any atom is -0.396 e. The van der Waals surface area contributed by atoms with Gasteiger partial charge in [-0.25, -0.2) is 0 Å². The van der Waals surface area contributed by atoms with E-state index in [0.717, 1.165) is 25.7 Å². The van der Waals surface area contributed by atoms with Crippen LogP contribution in [0, 0.1) is 0 Å². The van der Waals surface area contributed by atoms with Crippen LogP contribution in [-0.2, 0) is 0 Å². The van der Waals surface area contributed by atoms with Crippen LogP contribution in [0.4, 0.5) is 0 Å². The number of aliphatic hydroxyl groups is 3. The van der Waals surface area contributed by atoms with Gasteiger partial charge in [-0.1, -0.05) is 32.6 Å². The van der Waals surface area contributed by atoms with Crippen molar-refractivity contribution in [3.63, 3.8) is 0 Å². The van der Waals surface area contributed by atoms with Crippen LogP contribution in [0.15, 0.2) is 0 Å². The Kier molecular flexibility index (Phi) is 11.3. The molecule has 0 aromatic carbocycles. The van der Waals surface area contributed by atoms with E-state index in [2.05, 4.69) is 6.92 Å². The number of aliphatic hydroxyl groups excluding tert-OH is 3. The van der Waals surface area contributed by atoms with Gasteiger partial charge in [-0.15, -0.1) is 0 Å². The summed E-state index contributed by atoms with van der Waals surface area (Å²) in [6.45, 7) is 2.22. The van der Waals surface area contributed by atoms with Gasteiger partial charge in [-0.05, 0) is 32.1 Å².